The number of ether oxygens (including phenoxy) is 1. The Balaban J connectivity index is 3.30. The van der Waals surface area contributed by atoms with Gasteiger partial charge >= 0.3 is 0 Å². The Labute approximate surface area is 130 Å². The van der Waals surface area contributed by atoms with Crippen LogP contribution >= 0.6 is 10.7 Å². The molecule has 0 heterocycles. The molecule has 5 nitrogen and oxygen atoms in total. The van der Waals surface area contributed by atoms with Gasteiger partial charge in [-0.3, -0.25) is 4.79 Å². The van der Waals surface area contributed by atoms with Crippen LogP contribution in [0.5, 0.6) is 5.75 Å². The molecule has 1 N–H and O–H groups in total. The van der Waals surface area contributed by atoms with E-state index in [0.717, 1.165) is 0 Å². The molecule has 0 saturated heterocycles. The Hall–Kier alpha value is -1.27. The lowest BCUT2D eigenvalue weighted by atomic mass is 9.86. The van der Waals surface area contributed by atoms with Gasteiger partial charge in [0.15, 0.2) is 6.10 Å². The van der Waals surface area contributed by atoms with E-state index in [0.29, 0.717) is 11.3 Å². The number of halogens is 1. The summed E-state index contributed by atoms with van der Waals surface area (Å²) in [4.78, 5) is 11.6. The molecule has 0 radical (unpaired) electrons. The zero-order chi connectivity index (χ0) is 16.4. The highest BCUT2D eigenvalue weighted by Gasteiger charge is 2.24. The summed E-state index contributed by atoms with van der Waals surface area (Å²) >= 11 is 0. The normalized spacial score (nSPS) is 13.6. The van der Waals surface area contributed by atoms with Crippen LogP contribution in [0.1, 0.15) is 33.3 Å². The summed E-state index contributed by atoms with van der Waals surface area (Å²) in [5.74, 6) is 0.201. The molecule has 0 fully saturated rings. The summed E-state index contributed by atoms with van der Waals surface area (Å²) in [5, 5.41) is 2.50. The molecule has 0 aliphatic carbocycles. The highest BCUT2D eigenvalue weighted by Crippen LogP contribution is 2.34. The number of hydrogen-bond acceptors (Lipinski definition) is 4. The highest BCUT2D eigenvalue weighted by atomic mass is 35.7. The maximum atomic E-state index is 11.6. The van der Waals surface area contributed by atoms with Crippen molar-refractivity contribution in [1.29, 1.82) is 0 Å². The average Bonchev–Trinajstić information content (AvgIpc) is 2.35. The van der Waals surface area contributed by atoms with Gasteiger partial charge in [-0.15, -0.1) is 0 Å². The Morgan fingerprint density at radius 3 is 2.33 bits per heavy atom. The van der Waals surface area contributed by atoms with E-state index in [4.69, 9.17) is 15.4 Å². The van der Waals surface area contributed by atoms with Crippen LogP contribution in [0, 0.1) is 0 Å². The van der Waals surface area contributed by atoms with Crippen LogP contribution in [0.4, 0.5) is 0 Å². The van der Waals surface area contributed by atoms with E-state index >= 15 is 0 Å². The molecule has 1 unspecified atom stereocenters. The Morgan fingerprint density at radius 2 is 1.90 bits per heavy atom. The minimum absolute atomic E-state index is 0.00837. The fourth-order valence-electron chi connectivity index (χ4n) is 1.80. The standard InChI is InChI=1S/C14H20ClNO4S/c1-9(13(17)16-5)20-12-7-6-10(21(15,18)19)8-11(12)14(2,3)4/h6-9H,1-5H3,(H,16,17). The zero-order valence-corrected chi connectivity index (χ0v) is 14.3. The summed E-state index contributed by atoms with van der Waals surface area (Å²) in [5.41, 5.74) is 0.301. The molecule has 1 rings (SSSR count). The van der Waals surface area contributed by atoms with Crippen LogP contribution in [0.2, 0.25) is 0 Å². The topological polar surface area (TPSA) is 72.5 Å². The predicted octanol–water partition coefficient (Wildman–Crippen LogP) is 2.42. The van der Waals surface area contributed by atoms with Gasteiger partial charge in [-0.1, -0.05) is 20.8 Å². The first kappa shape index (κ1) is 17.8. The fourth-order valence-corrected chi connectivity index (χ4v) is 2.57. The Bertz CT molecular complexity index is 635. The molecule has 7 heteroatoms. The third-order valence-electron chi connectivity index (χ3n) is 2.96. The first-order valence-electron chi connectivity index (χ1n) is 6.44. The average molecular weight is 334 g/mol. The first-order chi connectivity index (χ1) is 9.46. The van der Waals surface area contributed by atoms with Crippen molar-refractivity contribution in [3.63, 3.8) is 0 Å². The predicted molar refractivity (Wildman–Crippen MR) is 82.3 cm³/mol. The van der Waals surface area contributed by atoms with Gasteiger partial charge in [0.25, 0.3) is 15.0 Å². The van der Waals surface area contributed by atoms with Crippen molar-refractivity contribution in [2.24, 2.45) is 0 Å². The second-order valence-electron chi connectivity index (χ2n) is 5.72. The van der Waals surface area contributed by atoms with Crippen molar-refractivity contribution in [2.75, 3.05) is 7.05 Å². The number of hydrogen-bond donors (Lipinski definition) is 1. The molecule has 0 aliphatic heterocycles. The van der Waals surface area contributed by atoms with E-state index in [1.807, 2.05) is 20.8 Å². The maximum absolute atomic E-state index is 11.6. The molecular weight excluding hydrogens is 314 g/mol. The summed E-state index contributed by atoms with van der Waals surface area (Å²) in [6, 6.07) is 4.37. The molecule has 0 bridgehead atoms. The minimum atomic E-state index is -3.81. The van der Waals surface area contributed by atoms with Gasteiger partial charge in [0.05, 0.1) is 4.90 Å². The van der Waals surface area contributed by atoms with Crippen LogP contribution < -0.4 is 10.1 Å². The number of nitrogens with one attached hydrogen (secondary N) is 1. The van der Waals surface area contributed by atoms with Gasteiger partial charge in [-0.2, -0.15) is 0 Å². The van der Waals surface area contributed by atoms with Crippen molar-refractivity contribution in [1.82, 2.24) is 5.32 Å². The molecule has 0 aliphatic rings. The Kier molecular flexibility index (Phi) is 5.28. The maximum Gasteiger partial charge on any atom is 0.261 e. The number of carbonyl (C=O) groups excluding carboxylic acids is 1. The molecule has 1 aromatic rings. The van der Waals surface area contributed by atoms with E-state index in [1.165, 1.54) is 25.2 Å². The van der Waals surface area contributed by atoms with E-state index in [-0.39, 0.29) is 16.2 Å². The van der Waals surface area contributed by atoms with Gasteiger partial charge in [0.2, 0.25) is 0 Å². The van der Waals surface area contributed by atoms with Gasteiger partial charge in [0.1, 0.15) is 5.75 Å². The number of amides is 1. The second-order valence-corrected chi connectivity index (χ2v) is 8.29. The summed E-state index contributed by atoms with van der Waals surface area (Å²) in [6.45, 7) is 7.39. The molecule has 0 saturated carbocycles. The SMILES string of the molecule is CNC(=O)C(C)Oc1ccc(S(=O)(=O)Cl)cc1C(C)(C)C. The van der Waals surface area contributed by atoms with E-state index < -0.39 is 15.2 Å². The van der Waals surface area contributed by atoms with Crippen LogP contribution in [0.3, 0.4) is 0 Å². The molecule has 1 atom stereocenters. The van der Waals surface area contributed by atoms with Gasteiger partial charge in [0, 0.05) is 23.3 Å². The van der Waals surface area contributed by atoms with Crippen LogP contribution in [0.15, 0.2) is 23.1 Å². The molecule has 0 spiro atoms. The lowest BCUT2D eigenvalue weighted by Gasteiger charge is -2.25. The summed E-state index contributed by atoms with van der Waals surface area (Å²) in [7, 11) is 3.09. The fraction of sp³-hybridized carbons (Fsp3) is 0.500. The lowest BCUT2D eigenvalue weighted by molar-refractivity contribution is -0.126. The Morgan fingerprint density at radius 1 is 1.33 bits per heavy atom. The zero-order valence-electron chi connectivity index (χ0n) is 12.7. The molecule has 1 amide bonds. The minimum Gasteiger partial charge on any atom is -0.481 e. The molecular formula is C14H20ClNO4S. The van der Waals surface area contributed by atoms with Crippen molar-refractivity contribution >= 4 is 25.6 Å². The molecule has 0 aromatic heterocycles. The van der Waals surface area contributed by atoms with Gasteiger partial charge in [-0.25, -0.2) is 8.42 Å². The van der Waals surface area contributed by atoms with Crippen molar-refractivity contribution in [3.05, 3.63) is 23.8 Å². The number of carbonyl (C=O) groups is 1. The van der Waals surface area contributed by atoms with Gasteiger partial charge < -0.3 is 10.1 Å². The smallest absolute Gasteiger partial charge is 0.261 e. The number of rotatable bonds is 4. The number of likely N-dealkylation sites (N-methyl/N-ethyl adjacent to an activating group) is 1. The van der Waals surface area contributed by atoms with Crippen LogP contribution in [-0.2, 0) is 19.3 Å². The van der Waals surface area contributed by atoms with Crippen LogP contribution in [-0.4, -0.2) is 27.5 Å². The van der Waals surface area contributed by atoms with Gasteiger partial charge in [-0.05, 0) is 30.5 Å². The van der Waals surface area contributed by atoms with E-state index in [1.54, 1.807) is 6.92 Å². The first-order valence-corrected chi connectivity index (χ1v) is 8.75. The van der Waals surface area contributed by atoms with Crippen LogP contribution in [0.25, 0.3) is 0 Å². The third-order valence-corrected chi connectivity index (χ3v) is 4.31. The number of benzene rings is 1. The molecule has 118 valence electrons. The highest BCUT2D eigenvalue weighted by molar-refractivity contribution is 8.13. The van der Waals surface area contributed by atoms with Crippen molar-refractivity contribution < 1.29 is 17.9 Å². The van der Waals surface area contributed by atoms with E-state index in [2.05, 4.69) is 5.32 Å². The largest absolute Gasteiger partial charge is 0.481 e. The molecule has 1 aromatic carbocycles. The monoisotopic (exact) mass is 333 g/mol. The molecule has 21 heavy (non-hydrogen) atoms. The van der Waals surface area contributed by atoms with E-state index in [9.17, 15) is 13.2 Å². The quantitative estimate of drug-likeness (QED) is 0.859. The van der Waals surface area contributed by atoms with Crippen molar-refractivity contribution in [2.45, 2.75) is 44.1 Å². The van der Waals surface area contributed by atoms with Crippen molar-refractivity contribution in [3.8, 4) is 5.75 Å². The third kappa shape index (κ3) is 4.61. The second kappa shape index (κ2) is 6.23. The summed E-state index contributed by atoms with van der Waals surface area (Å²) in [6.07, 6.45) is -0.686. The summed E-state index contributed by atoms with van der Waals surface area (Å²) < 4.78 is 28.6. The lowest BCUT2D eigenvalue weighted by Crippen LogP contribution is -2.34.